The standard InChI is InChI=1S/C17H26N4O3/c1-12(2)16(22)19-7-3-8-20-17(18)21-13-5-6-14-15(11-13)24-10-4-9-23-14/h5-6,11-12H,3-4,7-10H2,1-2H3,(H,19,22)(H3,18,20,21). The molecule has 4 N–H and O–H groups in total. The maximum absolute atomic E-state index is 11.4. The smallest absolute Gasteiger partial charge is 0.222 e. The summed E-state index contributed by atoms with van der Waals surface area (Å²) in [6, 6.07) is 5.59. The fraction of sp³-hybridized carbons (Fsp3) is 0.529. The maximum Gasteiger partial charge on any atom is 0.222 e. The molecule has 2 rings (SSSR count). The normalized spacial score (nSPS) is 14.2. The Morgan fingerprint density at radius 2 is 2.04 bits per heavy atom. The number of guanidine groups is 1. The van der Waals surface area contributed by atoms with Crippen LogP contribution in [-0.2, 0) is 4.79 Å². The van der Waals surface area contributed by atoms with Crippen LogP contribution in [0.25, 0.3) is 0 Å². The highest BCUT2D eigenvalue weighted by Crippen LogP contribution is 2.32. The first-order valence-electron chi connectivity index (χ1n) is 8.30. The van der Waals surface area contributed by atoms with E-state index >= 15 is 0 Å². The van der Waals surface area contributed by atoms with Crippen molar-refractivity contribution < 1.29 is 14.3 Å². The monoisotopic (exact) mass is 334 g/mol. The molecule has 0 fully saturated rings. The quantitative estimate of drug-likeness (QED) is 0.418. The zero-order valence-corrected chi connectivity index (χ0v) is 14.3. The predicted octanol–water partition coefficient (Wildman–Crippen LogP) is 1.74. The highest BCUT2D eigenvalue weighted by atomic mass is 16.5. The van der Waals surface area contributed by atoms with Gasteiger partial charge in [-0.1, -0.05) is 13.8 Å². The molecule has 7 heteroatoms. The van der Waals surface area contributed by atoms with Crippen molar-refractivity contribution in [1.29, 1.82) is 0 Å². The highest BCUT2D eigenvalue weighted by molar-refractivity contribution is 5.92. The molecule has 1 aromatic rings. The van der Waals surface area contributed by atoms with E-state index in [1.165, 1.54) is 0 Å². The molecule has 0 aliphatic carbocycles. The maximum atomic E-state index is 11.4. The molecule has 24 heavy (non-hydrogen) atoms. The van der Waals surface area contributed by atoms with Crippen molar-refractivity contribution in [1.82, 2.24) is 5.32 Å². The SMILES string of the molecule is CC(C)C(=O)NCCCN=C(N)Nc1ccc2c(c1)OCCCO2. The topological polar surface area (TPSA) is 98.0 Å². The van der Waals surface area contributed by atoms with Crippen molar-refractivity contribution in [2.75, 3.05) is 31.6 Å². The average Bonchev–Trinajstić information content (AvgIpc) is 2.79. The van der Waals surface area contributed by atoms with Crippen LogP contribution in [0.1, 0.15) is 26.7 Å². The molecule has 1 heterocycles. The van der Waals surface area contributed by atoms with Gasteiger partial charge in [-0.3, -0.25) is 9.79 Å². The summed E-state index contributed by atoms with van der Waals surface area (Å²) in [6.07, 6.45) is 1.61. The second-order valence-corrected chi connectivity index (χ2v) is 5.90. The molecule has 1 amide bonds. The van der Waals surface area contributed by atoms with E-state index in [1.54, 1.807) is 0 Å². The number of hydrogen-bond donors (Lipinski definition) is 3. The fourth-order valence-corrected chi connectivity index (χ4v) is 2.12. The number of ether oxygens (including phenoxy) is 2. The Morgan fingerprint density at radius 3 is 2.79 bits per heavy atom. The van der Waals surface area contributed by atoms with Gasteiger partial charge in [-0.05, 0) is 18.6 Å². The van der Waals surface area contributed by atoms with Gasteiger partial charge in [0.1, 0.15) is 0 Å². The van der Waals surface area contributed by atoms with E-state index in [1.807, 2.05) is 32.0 Å². The van der Waals surface area contributed by atoms with Crippen molar-refractivity contribution in [2.24, 2.45) is 16.6 Å². The van der Waals surface area contributed by atoms with Gasteiger partial charge in [0, 0.05) is 37.2 Å². The summed E-state index contributed by atoms with van der Waals surface area (Å²) >= 11 is 0. The van der Waals surface area contributed by atoms with Crippen molar-refractivity contribution in [2.45, 2.75) is 26.7 Å². The first kappa shape index (κ1) is 17.9. The van der Waals surface area contributed by atoms with E-state index < -0.39 is 0 Å². The fourth-order valence-electron chi connectivity index (χ4n) is 2.12. The molecule has 0 radical (unpaired) electrons. The summed E-state index contributed by atoms with van der Waals surface area (Å²) in [5.41, 5.74) is 6.68. The molecule has 1 aromatic carbocycles. The molecule has 1 aliphatic heterocycles. The molecule has 132 valence electrons. The van der Waals surface area contributed by atoms with Crippen LogP contribution in [0.4, 0.5) is 5.69 Å². The number of nitrogens with zero attached hydrogens (tertiary/aromatic N) is 1. The zero-order valence-electron chi connectivity index (χ0n) is 14.3. The minimum Gasteiger partial charge on any atom is -0.490 e. The van der Waals surface area contributed by atoms with Crippen LogP contribution >= 0.6 is 0 Å². The molecule has 0 spiro atoms. The molecular weight excluding hydrogens is 308 g/mol. The van der Waals surface area contributed by atoms with Crippen LogP contribution in [0.5, 0.6) is 11.5 Å². The van der Waals surface area contributed by atoms with E-state index in [2.05, 4.69) is 15.6 Å². The molecule has 7 nitrogen and oxygen atoms in total. The zero-order chi connectivity index (χ0) is 17.4. The number of carbonyl (C=O) groups excluding carboxylic acids is 1. The number of amides is 1. The summed E-state index contributed by atoms with van der Waals surface area (Å²) < 4.78 is 11.2. The number of hydrogen-bond acceptors (Lipinski definition) is 4. The van der Waals surface area contributed by atoms with Gasteiger partial charge in [0.05, 0.1) is 13.2 Å². The number of benzene rings is 1. The van der Waals surface area contributed by atoms with Crippen LogP contribution < -0.4 is 25.8 Å². The lowest BCUT2D eigenvalue weighted by Gasteiger charge is -2.11. The Labute approximate surface area is 142 Å². The lowest BCUT2D eigenvalue weighted by molar-refractivity contribution is -0.123. The Bertz CT molecular complexity index is 587. The first-order chi connectivity index (χ1) is 11.6. The first-order valence-corrected chi connectivity index (χ1v) is 8.30. The third kappa shape index (κ3) is 5.64. The molecule has 0 atom stereocenters. The van der Waals surface area contributed by atoms with Gasteiger partial charge in [0.2, 0.25) is 5.91 Å². The third-order valence-electron chi connectivity index (χ3n) is 3.46. The lowest BCUT2D eigenvalue weighted by Crippen LogP contribution is -2.29. The Kier molecular flexibility index (Phi) is 6.72. The summed E-state index contributed by atoms with van der Waals surface area (Å²) in [4.78, 5) is 15.7. The van der Waals surface area contributed by atoms with Gasteiger partial charge in [0.25, 0.3) is 0 Å². The summed E-state index contributed by atoms with van der Waals surface area (Å²) in [6.45, 7) is 6.17. The van der Waals surface area contributed by atoms with Crippen LogP contribution in [-0.4, -0.2) is 38.2 Å². The van der Waals surface area contributed by atoms with Crippen LogP contribution in [0.3, 0.4) is 0 Å². The number of carbonyl (C=O) groups is 1. The number of rotatable bonds is 6. The second kappa shape index (κ2) is 9.00. The Balaban J connectivity index is 1.78. The highest BCUT2D eigenvalue weighted by Gasteiger charge is 2.10. The van der Waals surface area contributed by atoms with Crippen molar-refractivity contribution in [3.8, 4) is 11.5 Å². The van der Waals surface area contributed by atoms with Crippen LogP contribution in [0.2, 0.25) is 0 Å². The van der Waals surface area contributed by atoms with E-state index in [0.717, 1.165) is 24.3 Å². The van der Waals surface area contributed by atoms with E-state index in [-0.39, 0.29) is 11.8 Å². The van der Waals surface area contributed by atoms with E-state index in [9.17, 15) is 4.79 Å². The molecule has 0 bridgehead atoms. The van der Waals surface area contributed by atoms with Crippen LogP contribution in [0.15, 0.2) is 23.2 Å². The van der Waals surface area contributed by atoms with Gasteiger partial charge in [-0.25, -0.2) is 0 Å². The Hall–Kier alpha value is -2.44. The predicted molar refractivity (Wildman–Crippen MR) is 94.6 cm³/mol. The van der Waals surface area contributed by atoms with Crippen molar-refractivity contribution in [3.05, 3.63) is 18.2 Å². The van der Waals surface area contributed by atoms with Gasteiger partial charge in [0.15, 0.2) is 17.5 Å². The van der Waals surface area contributed by atoms with E-state index in [0.29, 0.717) is 38.0 Å². The molecule has 0 saturated carbocycles. The summed E-state index contributed by atoms with van der Waals surface area (Å²) in [5.74, 6) is 1.84. The molecule has 0 aromatic heterocycles. The molecular formula is C17H26N4O3. The van der Waals surface area contributed by atoms with Gasteiger partial charge in [-0.2, -0.15) is 0 Å². The lowest BCUT2D eigenvalue weighted by atomic mass is 10.2. The number of nitrogens with two attached hydrogens (primary N) is 1. The third-order valence-corrected chi connectivity index (χ3v) is 3.46. The number of anilines is 1. The van der Waals surface area contributed by atoms with E-state index in [4.69, 9.17) is 15.2 Å². The van der Waals surface area contributed by atoms with Crippen LogP contribution in [0, 0.1) is 5.92 Å². The minimum absolute atomic E-state index is 0.000329. The number of fused-ring (bicyclic) bond motifs is 1. The molecule has 0 saturated heterocycles. The largest absolute Gasteiger partial charge is 0.490 e. The van der Waals surface area contributed by atoms with Gasteiger partial charge >= 0.3 is 0 Å². The molecule has 0 unspecified atom stereocenters. The van der Waals surface area contributed by atoms with Crippen molar-refractivity contribution >= 4 is 17.6 Å². The van der Waals surface area contributed by atoms with Gasteiger partial charge in [-0.15, -0.1) is 0 Å². The van der Waals surface area contributed by atoms with Gasteiger partial charge < -0.3 is 25.8 Å². The minimum atomic E-state index is -0.000329. The summed E-state index contributed by atoms with van der Waals surface area (Å²) in [7, 11) is 0. The average molecular weight is 334 g/mol. The second-order valence-electron chi connectivity index (χ2n) is 5.90. The molecule has 1 aliphatic rings. The number of aliphatic imine (C=N–C) groups is 1. The summed E-state index contributed by atoms with van der Waals surface area (Å²) in [5, 5.41) is 5.88. The Morgan fingerprint density at radius 1 is 1.29 bits per heavy atom. The van der Waals surface area contributed by atoms with Crippen molar-refractivity contribution in [3.63, 3.8) is 0 Å². The number of nitrogens with one attached hydrogen (secondary N) is 2.